The van der Waals surface area contributed by atoms with Gasteiger partial charge in [-0.25, -0.2) is 0 Å². The van der Waals surface area contributed by atoms with Crippen molar-refractivity contribution in [2.24, 2.45) is 5.92 Å². The first-order valence-corrected chi connectivity index (χ1v) is 8.36. The largest absolute Gasteiger partial charge is 0.492 e. The monoisotopic (exact) mass is 301 g/mol. The molecule has 0 aromatic heterocycles. The fourth-order valence-corrected chi connectivity index (χ4v) is 2.36. The van der Waals surface area contributed by atoms with Gasteiger partial charge in [0.2, 0.25) is 0 Å². The number of halogens is 1. The zero-order valence-corrected chi connectivity index (χ0v) is 13.6. The Morgan fingerprint density at radius 3 is 2.84 bits per heavy atom. The molecule has 0 amide bonds. The van der Waals surface area contributed by atoms with Crippen LogP contribution in [-0.4, -0.2) is 24.7 Å². The van der Waals surface area contributed by atoms with Gasteiger partial charge in [0.1, 0.15) is 5.75 Å². The summed E-state index contributed by atoms with van der Waals surface area (Å²) >= 11 is 7.95. The summed E-state index contributed by atoms with van der Waals surface area (Å²) in [5.74, 6) is 3.74. The minimum absolute atomic E-state index is 0.643. The molecule has 0 saturated carbocycles. The van der Waals surface area contributed by atoms with Gasteiger partial charge in [-0.05, 0) is 36.4 Å². The van der Waals surface area contributed by atoms with Crippen molar-refractivity contribution in [2.75, 3.05) is 24.7 Å². The van der Waals surface area contributed by atoms with Crippen LogP contribution in [0.15, 0.2) is 18.2 Å². The minimum atomic E-state index is 0.643. The van der Waals surface area contributed by atoms with Gasteiger partial charge < -0.3 is 10.1 Å². The summed E-state index contributed by atoms with van der Waals surface area (Å²) in [6, 6.07) is 5.83. The van der Waals surface area contributed by atoms with Crippen LogP contribution in [0.1, 0.15) is 26.3 Å². The highest BCUT2D eigenvalue weighted by molar-refractivity contribution is 7.99. The van der Waals surface area contributed by atoms with Crippen molar-refractivity contribution < 1.29 is 4.74 Å². The summed E-state index contributed by atoms with van der Waals surface area (Å²) < 4.78 is 5.83. The van der Waals surface area contributed by atoms with Crippen molar-refractivity contribution in [2.45, 2.75) is 27.3 Å². The van der Waals surface area contributed by atoms with Crippen LogP contribution in [0.5, 0.6) is 5.75 Å². The van der Waals surface area contributed by atoms with E-state index < -0.39 is 0 Å². The lowest BCUT2D eigenvalue weighted by Gasteiger charge is -2.13. The Kier molecular flexibility index (Phi) is 8.35. The van der Waals surface area contributed by atoms with Gasteiger partial charge in [0.15, 0.2) is 0 Å². The van der Waals surface area contributed by atoms with Crippen LogP contribution in [-0.2, 0) is 6.54 Å². The van der Waals surface area contributed by atoms with E-state index in [9.17, 15) is 0 Å². The fraction of sp³-hybridized carbons (Fsp3) is 0.600. The molecule has 0 fully saturated rings. The highest BCUT2D eigenvalue weighted by Gasteiger charge is 2.05. The van der Waals surface area contributed by atoms with Crippen molar-refractivity contribution in [3.8, 4) is 5.75 Å². The first kappa shape index (κ1) is 16.7. The Bertz CT molecular complexity index is 371. The predicted molar refractivity (Wildman–Crippen MR) is 86.5 cm³/mol. The van der Waals surface area contributed by atoms with E-state index in [1.54, 1.807) is 0 Å². The summed E-state index contributed by atoms with van der Waals surface area (Å²) in [5, 5.41) is 4.19. The Hall–Kier alpha value is -0.380. The molecule has 0 radical (unpaired) electrons. The van der Waals surface area contributed by atoms with Crippen molar-refractivity contribution >= 4 is 23.4 Å². The van der Waals surface area contributed by atoms with Crippen molar-refractivity contribution in [1.82, 2.24) is 5.32 Å². The second-order valence-electron chi connectivity index (χ2n) is 4.82. The second-order valence-corrected chi connectivity index (χ2v) is 6.65. The van der Waals surface area contributed by atoms with Gasteiger partial charge in [0.05, 0.1) is 6.61 Å². The van der Waals surface area contributed by atoms with Crippen LogP contribution in [0.2, 0.25) is 5.02 Å². The number of thioether (sulfide) groups is 1. The molecule has 1 rings (SSSR count). The average molecular weight is 302 g/mol. The minimum Gasteiger partial charge on any atom is -0.492 e. The van der Waals surface area contributed by atoms with Gasteiger partial charge in [-0.15, -0.1) is 0 Å². The lowest BCUT2D eigenvalue weighted by atomic mass is 10.2. The van der Waals surface area contributed by atoms with E-state index in [-0.39, 0.29) is 0 Å². The number of hydrogen-bond acceptors (Lipinski definition) is 3. The van der Waals surface area contributed by atoms with Gasteiger partial charge in [0.25, 0.3) is 0 Å². The zero-order chi connectivity index (χ0) is 14.1. The smallest absolute Gasteiger partial charge is 0.123 e. The molecule has 0 bridgehead atoms. The molecule has 0 heterocycles. The summed E-state index contributed by atoms with van der Waals surface area (Å²) in [5.41, 5.74) is 1.13. The van der Waals surface area contributed by atoms with E-state index in [1.165, 1.54) is 0 Å². The van der Waals surface area contributed by atoms with Gasteiger partial charge in [-0.3, -0.25) is 0 Å². The van der Waals surface area contributed by atoms with Crippen LogP contribution in [0.3, 0.4) is 0 Å². The van der Waals surface area contributed by atoms with E-state index in [4.69, 9.17) is 16.3 Å². The van der Waals surface area contributed by atoms with Gasteiger partial charge in [-0.2, -0.15) is 11.8 Å². The molecule has 0 unspecified atom stereocenters. The quantitative estimate of drug-likeness (QED) is 0.690. The predicted octanol–water partition coefficient (Wildman–Crippen LogP) is 4.22. The molecular weight excluding hydrogens is 278 g/mol. The SMILES string of the molecule is CCSCCOc1ccc(Cl)cc1CNCC(C)C. The summed E-state index contributed by atoms with van der Waals surface area (Å²) in [6.07, 6.45) is 0. The van der Waals surface area contributed by atoms with Crippen molar-refractivity contribution in [3.63, 3.8) is 0 Å². The molecule has 0 atom stereocenters. The Morgan fingerprint density at radius 1 is 1.37 bits per heavy atom. The van der Waals surface area contributed by atoms with Crippen LogP contribution < -0.4 is 10.1 Å². The van der Waals surface area contributed by atoms with Gasteiger partial charge in [0, 0.05) is 22.9 Å². The standard InChI is InChI=1S/C15H24ClNOS/c1-4-19-8-7-18-15-6-5-14(16)9-13(15)11-17-10-12(2)3/h5-6,9,12,17H,4,7-8,10-11H2,1-3H3. The first-order valence-electron chi connectivity index (χ1n) is 6.83. The summed E-state index contributed by atoms with van der Waals surface area (Å²) in [6.45, 7) is 9.10. The van der Waals surface area contributed by atoms with Crippen LogP contribution in [0.4, 0.5) is 0 Å². The van der Waals surface area contributed by atoms with E-state index in [0.717, 1.165) is 47.5 Å². The van der Waals surface area contributed by atoms with E-state index in [0.29, 0.717) is 5.92 Å². The Labute approximate surface area is 126 Å². The van der Waals surface area contributed by atoms with Crippen molar-refractivity contribution in [1.29, 1.82) is 0 Å². The van der Waals surface area contributed by atoms with Gasteiger partial charge in [-0.1, -0.05) is 32.4 Å². The third-order valence-electron chi connectivity index (χ3n) is 2.58. The molecule has 1 N–H and O–H groups in total. The maximum absolute atomic E-state index is 6.05. The summed E-state index contributed by atoms with van der Waals surface area (Å²) in [7, 11) is 0. The first-order chi connectivity index (χ1) is 9.13. The number of rotatable bonds is 9. The normalized spacial score (nSPS) is 11.0. The lowest BCUT2D eigenvalue weighted by Crippen LogP contribution is -2.19. The lowest BCUT2D eigenvalue weighted by molar-refractivity contribution is 0.339. The molecule has 1 aromatic rings. The van der Waals surface area contributed by atoms with E-state index >= 15 is 0 Å². The Balaban J connectivity index is 2.53. The average Bonchev–Trinajstić information content (AvgIpc) is 2.36. The topological polar surface area (TPSA) is 21.3 Å². The fourth-order valence-electron chi connectivity index (χ4n) is 1.68. The molecule has 4 heteroatoms. The number of benzene rings is 1. The van der Waals surface area contributed by atoms with E-state index in [2.05, 4.69) is 26.1 Å². The summed E-state index contributed by atoms with van der Waals surface area (Å²) in [4.78, 5) is 0. The molecular formula is C15H24ClNOS. The maximum Gasteiger partial charge on any atom is 0.123 e. The molecule has 0 spiro atoms. The van der Waals surface area contributed by atoms with Crippen LogP contribution >= 0.6 is 23.4 Å². The number of hydrogen-bond donors (Lipinski definition) is 1. The highest BCUT2D eigenvalue weighted by Crippen LogP contribution is 2.23. The molecule has 0 aliphatic heterocycles. The van der Waals surface area contributed by atoms with Crippen LogP contribution in [0, 0.1) is 5.92 Å². The second kappa shape index (κ2) is 9.51. The third-order valence-corrected chi connectivity index (χ3v) is 3.68. The van der Waals surface area contributed by atoms with E-state index in [1.807, 2.05) is 30.0 Å². The zero-order valence-electron chi connectivity index (χ0n) is 12.0. The number of ether oxygens (including phenoxy) is 1. The molecule has 0 saturated heterocycles. The molecule has 2 nitrogen and oxygen atoms in total. The van der Waals surface area contributed by atoms with Crippen molar-refractivity contribution in [3.05, 3.63) is 28.8 Å². The van der Waals surface area contributed by atoms with Crippen LogP contribution in [0.25, 0.3) is 0 Å². The van der Waals surface area contributed by atoms with Gasteiger partial charge >= 0.3 is 0 Å². The maximum atomic E-state index is 6.05. The highest BCUT2D eigenvalue weighted by atomic mass is 35.5. The number of nitrogens with one attached hydrogen (secondary N) is 1. The molecule has 0 aliphatic carbocycles. The molecule has 1 aromatic carbocycles. The molecule has 19 heavy (non-hydrogen) atoms. The molecule has 0 aliphatic rings. The third kappa shape index (κ3) is 7.09. The molecule has 108 valence electrons. The Morgan fingerprint density at radius 2 is 2.16 bits per heavy atom.